The Morgan fingerprint density at radius 3 is 2.82 bits per heavy atom. The quantitative estimate of drug-likeness (QED) is 0.365. The van der Waals surface area contributed by atoms with Gasteiger partial charge in [-0.3, -0.25) is 14.5 Å². The zero-order valence-electron chi connectivity index (χ0n) is 19.4. The molecule has 1 atom stereocenters. The summed E-state index contributed by atoms with van der Waals surface area (Å²) in [7, 11) is 0. The molecule has 1 saturated heterocycles. The molecule has 0 bridgehead atoms. The van der Waals surface area contributed by atoms with Crippen molar-refractivity contribution in [2.45, 2.75) is 32.2 Å². The third kappa shape index (κ3) is 6.53. The van der Waals surface area contributed by atoms with E-state index in [9.17, 15) is 14.7 Å². The molecule has 6 nitrogen and oxygen atoms in total. The Hall–Kier alpha value is -2.54. The molecule has 0 spiro atoms. The highest BCUT2D eigenvalue weighted by Crippen LogP contribution is 2.26. The molecule has 1 fully saturated rings. The van der Waals surface area contributed by atoms with Crippen LogP contribution in [0.25, 0.3) is 0 Å². The molecule has 0 radical (unpaired) electrons. The Kier molecular flexibility index (Phi) is 9.39. The zero-order valence-corrected chi connectivity index (χ0v) is 20.9. The van der Waals surface area contributed by atoms with E-state index in [1.54, 1.807) is 17.0 Å². The lowest BCUT2D eigenvalue weighted by atomic mass is 10.1. The molecule has 1 aromatic carbocycles. The minimum atomic E-state index is -0.467. The predicted octanol–water partition coefficient (Wildman–Crippen LogP) is 4.46. The van der Waals surface area contributed by atoms with Crippen molar-refractivity contribution in [3.63, 3.8) is 0 Å². The summed E-state index contributed by atoms with van der Waals surface area (Å²) < 4.78 is 0. The van der Waals surface area contributed by atoms with Crippen molar-refractivity contribution in [2.75, 3.05) is 32.7 Å². The molecule has 2 N–H and O–H groups in total. The van der Waals surface area contributed by atoms with Crippen LogP contribution in [0.4, 0.5) is 0 Å². The van der Waals surface area contributed by atoms with E-state index in [-0.39, 0.29) is 18.2 Å². The number of nitrogens with one attached hydrogen (secondary N) is 1. The first-order valence-corrected chi connectivity index (χ1v) is 12.2. The maximum atomic E-state index is 12.7. The minimum Gasteiger partial charge on any atom is -0.503 e. The summed E-state index contributed by atoms with van der Waals surface area (Å²) in [5.41, 5.74) is 2.34. The maximum Gasteiger partial charge on any atom is 0.289 e. The average molecular weight is 504 g/mol. The molecule has 34 heavy (non-hydrogen) atoms. The average Bonchev–Trinajstić information content (AvgIpc) is 3.40. The van der Waals surface area contributed by atoms with Gasteiger partial charge in [-0.2, -0.15) is 0 Å². The van der Waals surface area contributed by atoms with Crippen molar-refractivity contribution in [3.05, 3.63) is 81.6 Å². The Morgan fingerprint density at radius 2 is 2.12 bits per heavy atom. The van der Waals surface area contributed by atoms with E-state index in [0.717, 1.165) is 31.5 Å². The second kappa shape index (κ2) is 12.2. The van der Waals surface area contributed by atoms with Crippen LogP contribution in [0.5, 0.6) is 0 Å². The molecule has 1 aromatic rings. The fraction of sp³-hybridized carbons (Fsp3) is 0.385. The second-order valence-corrected chi connectivity index (χ2v) is 9.32. The van der Waals surface area contributed by atoms with Crippen molar-refractivity contribution in [3.8, 4) is 0 Å². The first kappa shape index (κ1) is 26.1. The van der Waals surface area contributed by atoms with Gasteiger partial charge in [0.1, 0.15) is 0 Å². The lowest BCUT2D eigenvalue weighted by Gasteiger charge is -2.24. The Balaban J connectivity index is 1.48. The lowest BCUT2D eigenvalue weighted by Crippen LogP contribution is -2.40. The van der Waals surface area contributed by atoms with Crippen LogP contribution in [0.15, 0.2) is 66.0 Å². The van der Waals surface area contributed by atoms with Crippen molar-refractivity contribution in [1.82, 2.24) is 15.1 Å². The van der Waals surface area contributed by atoms with Gasteiger partial charge in [-0.15, -0.1) is 0 Å². The van der Waals surface area contributed by atoms with Gasteiger partial charge >= 0.3 is 0 Å². The maximum absolute atomic E-state index is 12.7. The van der Waals surface area contributed by atoms with Gasteiger partial charge in [0.2, 0.25) is 0 Å². The smallest absolute Gasteiger partial charge is 0.289 e. The number of hydrogen-bond acceptors (Lipinski definition) is 4. The molecule has 0 saturated carbocycles. The van der Waals surface area contributed by atoms with Gasteiger partial charge in [0.15, 0.2) is 5.76 Å². The number of amides is 2. The molecule has 0 aromatic heterocycles. The molecule has 2 aliphatic rings. The van der Waals surface area contributed by atoms with Gasteiger partial charge in [-0.05, 0) is 49.5 Å². The summed E-state index contributed by atoms with van der Waals surface area (Å²) >= 11 is 12.0. The molecule has 2 heterocycles. The van der Waals surface area contributed by atoms with Crippen molar-refractivity contribution < 1.29 is 14.7 Å². The number of nitrogens with zero attached hydrogens (tertiary/aromatic N) is 2. The van der Waals surface area contributed by atoms with Crippen LogP contribution in [0.3, 0.4) is 0 Å². The fourth-order valence-corrected chi connectivity index (χ4v) is 4.57. The third-order valence-corrected chi connectivity index (χ3v) is 6.91. The first-order chi connectivity index (χ1) is 16.3. The largest absolute Gasteiger partial charge is 0.503 e. The summed E-state index contributed by atoms with van der Waals surface area (Å²) in [6.45, 7) is 8.59. The van der Waals surface area contributed by atoms with E-state index >= 15 is 0 Å². The molecule has 3 rings (SSSR count). The summed E-state index contributed by atoms with van der Waals surface area (Å²) in [6, 6.07) is 5.43. The van der Waals surface area contributed by atoms with Crippen molar-refractivity contribution in [1.29, 1.82) is 0 Å². The number of aryl methyl sites for hydroxylation is 1. The fourth-order valence-electron chi connectivity index (χ4n) is 4.25. The molecular formula is C26H31Cl2N3O3. The van der Waals surface area contributed by atoms with Crippen LogP contribution >= 0.6 is 23.2 Å². The first-order valence-electron chi connectivity index (χ1n) is 11.5. The van der Waals surface area contributed by atoms with Gasteiger partial charge < -0.3 is 15.3 Å². The number of likely N-dealkylation sites (tertiary alicyclic amines) is 1. The molecule has 2 aliphatic heterocycles. The number of benzene rings is 1. The minimum absolute atomic E-state index is 0.0314. The zero-order chi connectivity index (χ0) is 24.7. The third-order valence-electron chi connectivity index (χ3n) is 6.18. The molecule has 2 amide bonds. The van der Waals surface area contributed by atoms with Gasteiger partial charge in [-0.25, -0.2) is 0 Å². The Morgan fingerprint density at radius 1 is 1.32 bits per heavy atom. The van der Waals surface area contributed by atoms with Crippen molar-refractivity contribution >= 4 is 35.0 Å². The van der Waals surface area contributed by atoms with Gasteiger partial charge in [0, 0.05) is 32.2 Å². The van der Waals surface area contributed by atoms with Crippen LogP contribution in [0.1, 0.15) is 25.3 Å². The van der Waals surface area contributed by atoms with E-state index in [4.69, 9.17) is 23.2 Å². The highest BCUT2D eigenvalue weighted by molar-refractivity contribution is 6.42. The van der Waals surface area contributed by atoms with E-state index in [2.05, 4.69) is 22.9 Å². The molecule has 0 aliphatic carbocycles. The number of carbonyl (C=O) groups is 2. The van der Waals surface area contributed by atoms with Crippen LogP contribution < -0.4 is 5.32 Å². The molecule has 0 unspecified atom stereocenters. The van der Waals surface area contributed by atoms with Crippen molar-refractivity contribution in [2.24, 2.45) is 0 Å². The van der Waals surface area contributed by atoms with Crippen LogP contribution in [0.2, 0.25) is 10.0 Å². The summed E-state index contributed by atoms with van der Waals surface area (Å²) in [5, 5.41) is 14.2. The van der Waals surface area contributed by atoms with E-state index in [1.807, 2.05) is 31.2 Å². The molecular weight excluding hydrogens is 473 g/mol. The number of hydrogen-bond donors (Lipinski definition) is 2. The predicted molar refractivity (Wildman–Crippen MR) is 137 cm³/mol. The summed E-state index contributed by atoms with van der Waals surface area (Å²) in [5.74, 6) is -1.31. The number of rotatable bonds is 10. The number of carbonyl (C=O) groups excluding carboxylic acids is 2. The van der Waals surface area contributed by atoms with E-state index in [0.29, 0.717) is 29.6 Å². The SMILES string of the molecule is C=C/C=C\C(=C/C)CN1CC[C@@H](N2CC(C(=O)NCCCc3ccc(Cl)c(Cl)c3)=C(O)C2=O)C1. The normalized spacial score (nSPS) is 19.5. The van der Waals surface area contributed by atoms with E-state index < -0.39 is 17.6 Å². The number of allylic oxidation sites excluding steroid dienone is 3. The number of halogens is 2. The second-order valence-electron chi connectivity index (χ2n) is 8.50. The standard InChI is InChI=1S/C26H31Cl2N3O3/c1-3-5-7-18(4-2)15-30-13-11-20(16-30)31-17-21(24(32)26(31)34)25(33)29-12-6-8-19-9-10-22(27)23(28)14-19/h3-5,7,9-10,14,20,32H,1,6,8,11-13,15-17H2,2H3,(H,29,33)/b7-5-,18-4+/t20-/m1/s1. The highest BCUT2D eigenvalue weighted by atomic mass is 35.5. The summed E-state index contributed by atoms with van der Waals surface area (Å²) in [4.78, 5) is 29.2. The molecule has 182 valence electrons. The number of aliphatic hydroxyl groups is 1. The topological polar surface area (TPSA) is 72.9 Å². The van der Waals surface area contributed by atoms with E-state index in [1.165, 1.54) is 5.57 Å². The Bertz CT molecular complexity index is 1030. The summed E-state index contributed by atoms with van der Waals surface area (Å²) in [6.07, 6.45) is 9.96. The van der Waals surface area contributed by atoms with Crippen LogP contribution in [0, 0.1) is 0 Å². The van der Waals surface area contributed by atoms with Crippen LogP contribution in [-0.2, 0) is 16.0 Å². The lowest BCUT2D eigenvalue weighted by molar-refractivity contribution is -0.129. The van der Waals surface area contributed by atoms with Gasteiger partial charge in [0.05, 0.1) is 22.2 Å². The highest BCUT2D eigenvalue weighted by Gasteiger charge is 2.40. The Labute approximate surface area is 211 Å². The molecule has 8 heteroatoms. The number of aliphatic hydroxyl groups excluding tert-OH is 1. The van der Waals surface area contributed by atoms with Gasteiger partial charge in [0.25, 0.3) is 11.8 Å². The van der Waals surface area contributed by atoms with Gasteiger partial charge in [-0.1, -0.05) is 60.2 Å². The van der Waals surface area contributed by atoms with Crippen LogP contribution in [-0.4, -0.2) is 65.5 Å². The monoisotopic (exact) mass is 503 g/mol.